The van der Waals surface area contributed by atoms with Gasteiger partial charge < -0.3 is 0 Å². The van der Waals surface area contributed by atoms with Crippen molar-refractivity contribution >= 4 is 0 Å². The van der Waals surface area contributed by atoms with E-state index in [2.05, 4.69) is 19.1 Å². The fourth-order valence-electron chi connectivity index (χ4n) is 7.59. The molecule has 0 heterocycles. The highest BCUT2D eigenvalue weighted by molar-refractivity contribution is 5.29. The Morgan fingerprint density at radius 2 is 1.26 bits per heavy atom. The predicted molar refractivity (Wildman–Crippen MR) is 140 cm³/mol. The first-order valence-corrected chi connectivity index (χ1v) is 14.3. The van der Waals surface area contributed by atoms with Gasteiger partial charge in [-0.05, 0) is 144 Å². The molecule has 0 radical (unpaired) electrons. The number of hydrogen-bond donors (Lipinski definition) is 0. The molecule has 4 atom stereocenters. The number of rotatable bonds is 8. The average molecular weight is 469 g/mol. The van der Waals surface area contributed by atoms with Gasteiger partial charge in [-0.15, -0.1) is 0 Å². The molecule has 0 nitrogen and oxygen atoms in total. The second kappa shape index (κ2) is 12.5. The van der Waals surface area contributed by atoms with Gasteiger partial charge in [-0.25, -0.2) is 8.78 Å². The summed E-state index contributed by atoms with van der Waals surface area (Å²) in [5.41, 5.74) is 1.16. The summed E-state index contributed by atoms with van der Waals surface area (Å²) < 4.78 is 29.5. The van der Waals surface area contributed by atoms with Crippen LogP contribution in [0, 0.1) is 41.2 Å². The number of benzene rings is 1. The van der Waals surface area contributed by atoms with Crippen LogP contribution in [0.15, 0.2) is 36.4 Å². The molecule has 3 aliphatic carbocycles. The van der Waals surface area contributed by atoms with E-state index in [-0.39, 0.29) is 17.2 Å². The second-order valence-electron chi connectivity index (χ2n) is 11.6. The van der Waals surface area contributed by atoms with E-state index < -0.39 is 0 Å². The average Bonchev–Trinajstić information content (AvgIpc) is 2.85. The fraction of sp³-hybridized carbons (Fsp3) is 0.688. The first-order chi connectivity index (χ1) is 16.6. The molecule has 0 aliphatic heterocycles. The minimum absolute atomic E-state index is 0.257. The lowest BCUT2D eigenvalue weighted by atomic mass is 9.60. The Morgan fingerprint density at radius 1 is 0.706 bits per heavy atom. The Kier molecular flexibility index (Phi) is 9.43. The zero-order chi connectivity index (χ0) is 23.9. The maximum Gasteiger partial charge on any atom is 0.129 e. The van der Waals surface area contributed by atoms with E-state index in [1.54, 1.807) is 12.1 Å². The Morgan fingerprint density at radius 3 is 1.94 bits per heavy atom. The molecule has 34 heavy (non-hydrogen) atoms. The third-order valence-corrected chi connectivity index (χ3v) is 9.62. The van der Waals surface area contributed by atoms with Crippen molar-refractivity contribution in [2.75, 3.05) is 0 Å². The van der Waals surface area contributed by atoms with Gasteiger partial charge in [-0.3, -0.25) is 0 Å². The Hall–Kier alpha value is -1.44. The molecule has 4 rings (SSSR count). The van der Waals surface area contributed by atoms with E-state index in [0.29, 0.717) is 18.8 Å². The summed E-state index contributed by atoms with van der Waals surface area (Å²) in [4.78, 5) is 0. The number of halogens is 2. The van der Waals surface area contributed by atoms with E-state index in [4.69, 9.17) is 0 Å². The third-order valence-electron chi connectivity index (χ3n) is 9.62. The number of hydrogen-bond acceptors (Lipinski definition) is 0. The van der Waals surface area contributed by atoms with Crippen LogP contribution in [0.4, 0.5) is 8.78 Å². The summed E-state index contributed by atoms with van der Waals surface area (Å²) in [7, 11) is 0. The first kappa shape index (κ1) is 25.6. The summed E-state index contributed by atoms with van der Waals surface area (Å²) in [5, 5.41) is 0. The third kappa shape index (κ3) is 6.41. The van der Waals surface area contributed by atoms with Crippen molar-refractivity contribution in [1.29, 1.82) is 0 Å². The molecule has 0 amide bonds. The van der Waals surface area contributed by atoms with Crippen molar-refractivity contribution in [3.8, 4) is 0 Å². The summed E-state index contributed by atoms with van der Waals surface area (Å²) in [6, 6.07) is 3.30. The maximum absolute atomic E-state index is 14.7. The van der Waals surface area contributed by atoms with Crippen molar-refractivity contribution in [1.82, 2.24) is 0 Å². The van der Waals surface area contributed by atoms with Gasteiger partial charge in [0, 0.05) is 5.56 Å². The monoisotopic (exact) mass is 468 g/mol. The second-order valence-corrected chi connectivity index (χ2v) is 11.6. The Labute approximate surface area is 207 Å². The van der Waals surface area contributed by atoms with Gasteiger partial charge in [0.05, 0.1) is 0 Å². The molecule has 4 unspecified atom stereocenters. The highest BCUT2D eigenvalue weighted by Gasteiger charge is 2.39. The van der Waals surface area contributed by atoms with Crippen LogP contribution in [0.5, 0.6) is 0 Å². The van der Waals surface area contributed by atoms with Crippen molar-refractivity contribution in [3.63, 3.8) is 0 Å². The van der Waals surface area contributed by atoms with Crippen LogP contribution in [-0.4, -0.2) is 0 Å². The van der Waals surface area contributed by atoms with Crippen LogP contribution in [0.1, 0.15) is 114 Å². The Bertz CT molecular complexity index is 806. The first-order valence-electron chi connectivity index (χ1n) is 14.3. The molecule has 0 saturated heterocycles. The van der Waals surface area contributed by atoms with Gasteiger partial charge >= 0.3 is 0 Å². The normalized spacial score (nSPS) is 32.4. The minimum atomic E-state index is -0.341. The maximum atomic E-state index is 14.7. The molecule has 188 valence electrons. The van der Waals surface area contributed by atoms with Gasteiger partial charge in [0.2, 0.25) is 0 Å². The molecule has 1 aromatic rings. The molecule has 3 fully saturated rings. The largest absolute Gasteiger partial charge is 0.207 e. The smallest absolute Gasteiger partial charge is 0.129 e. The standard InChI is InChI=1S/C32H46F2/c1-3-5-7-9-23-11-13-24(14-12-23)25-15-16-27-20-28(18-17-26(27)19-25)29-21-31(33)30(32(34)22-29)10-8-6-4-2/h3-6,21-28H,7-20H2,1-2H3/b5-3+,6-4+. The SMILES string of the molecule is C/C=C/CCc1c(F)cc(C2CCC3CC(C4CCC(CC/C=C/C)CC4)CCC3C2)cc1F. The predicted octanol–water partition coefficient (Wildman–Crippen LogP) is 9.94. The molecule has 0 N–H and O–H groups in total. The molecular formula is C32H46F2. The van der Waals surface area contributed by atoms with E-state index in [0.717, 1.165) is 48.0 Å². The zero-order valence-electron chi connectivity index (χ0n) is 21.6. The highest BCUT2D eigenvalue weighted by Crippen LogP contribution is 2.51. The van der Waals surface area contributed by atoms with E-state index in [1.165, 1.54) is 64.2 Å². The fourth-order valence-corrected chi connectivity index (χ4v) is 7.59. The topological polar surface area (TPSA) is 0 Å². The van der Waals surface area contributed by atoms with Gasteiger partial charge in [0.25, 0.3) is 0 Å². The van der Waals surface area contributed by atoms with Crippen molar-refractivity contribution < 1.29 is 8.78 Å². The molecule has 3 aliphatic rings. The van der Waals surface area contributed by atoms with Crippen molar-refractivity contribution in [2.45, 2.75) is 110 Å². The van der Waals surface area contributed by atoms with Crippen LogP contribution in [0.2, 0.25) is 0 Å². The van der Waals surface area contributed by atoms with Gasteiger partial charge in [0.1, 0.15) is 11.6 Å². The van der Waals surface area contributed by atoms with Gasteiger partial charge in [-0.1, -0.05) is 37.1 Å². The molecule has 2 heteroatoms. The molecule has 0 spiro atoms. The molecule has 0 aromatic heterocycles. The molecular weight excluding hydrogens is 422 g/mol. The van der Waals surface area contributed by atoms with Crippen LogP contribution in [-0.2, 0) is 6.42 Å². The van der Waals surface area contributed by atoms with Crippen molar-refractivity contribution in [2.24, 2.45) is 29.6 Å². The number of allylic oxidation sites excluding steroid dienone is 4. The summed E-state index contributed by atoms with van der Waals surface area (Å²) in [5.74, 6) is 4.09. The zero-order valence-corrected chi connectivity index (χ0v) is 21.6. The lowest BCUT2D eigenvalue weighted by Crippen LogP contribution is -2.34. The van der Waals surface area contributed by atoms with E-state index in [9.17, 15) is 8.78 Å². The van der Waals surface area contributed by atoms with E-state index >= 15 is 0 Å². The van der Waals surface area contributed by atoms with Crippen LogP contribution < -0.4 is 0 Å². The van der Waals surface area contributed by atoms with Crippen LogP contribution in [0.3, 0.4) is 0 Å². The quantitative estimate of drug-likeness (QED) is 0.333. The Balaban J connectivity index is 1.28. The summed E-state index contributed by atoms with van der Waals surface area (Å²) >= 11 is 0. The van der Waals surface area contributed by atoms with E-state index in [1.807, 2.05) is 19.1 Å². The number of fused-ring (bicyclic) bond motifs is 1. The lowest BCUT2D eigenvalue weighted by molar-refractivity contribution is 0.0712. The summed E-state index contributed by atoms with van der Waals surface area (Å²) in [6.45, 7) is 4.07. The lowest BCUT2D eigenvalue weighted by Gasteiger charge is -2.45. The van der Waals surface area contributed by atoms with Gasteiger partial charge in [-0.2, -0.15) is 0 Å². The molecule has 1 aromatic carbocycles. The van der Waals surface area contributed by atoms with Crippen LogP contribution in [0.25, 0.3) is 0 Å². The molecule has 0 bridgehead atoms. The van der Waals surface area contributed by atoms with Gasteiger partial charge in [0.15, 0.2) is 0 Å². The minimum Gasteiger partial charge on any atom is -0.207 e. The highest BCUT2D eigenvalue weighted by atomic mass is 19.1. The summed E-state index contributed by atoms with van der Waals surface area (Å²) in [6.07, 6.45) is 25.6. The van der Waals surface area contributed by atoms with Crippen molar-refractivity contribution in [3.05, 3.63) is 59.2 Å². The van der Waals surface area contributed by atoms with Crippen LogP contribution >= 0.6 is 0 Å². The molecule has 3 saturated carbocycles.